The lowest BCUT2D eigenvalue weighted by Crippen LogP contribution is -2.03. The van der Waals surface area contributed by atoms with Crippen molar-refractivity contribution in [3.05, 3.63) is 38.9 Å². The van der Waals surface area contributed by atoms with Crippen LogP contribution in [0.4, 0.5) is 5.69 Å². The van der Waals surface area contributed by atoms with Gasteiger partial charge in [-0.05, 0) is 12.5 Å². The fraction of sp³-hybridized carbons (Fsp3) is 0.200. The number of nitro groups is 1. The number of aromatic carboxylic acids is 1. The summed E-state index contributed by atoms with van der Waals surface area (Å²) in [4.78, 5) is 20.8. The molecule has 0 heterocycles. The molecule has 16 heavy (non-hydrogen) atoms. The van der Waals surface area contributed by atoms with Gasteiger partial charge in [0.25, 0.3) is 5.69 Å². The second-order valence-corrected chi connectivity index (χ2v) is 3.05. The van der Waals surface area contributed by atoms with E-state index in [1.165, 1.54) is 0 Å². The van der Waals surface area contributed by atoms with Gasteiger partial charge in [0.2, 0.25) is 0 Å². The van der Waals surface area contributed by atoms with Crippen LogP contribution in [0, 0.1) is 21.4 Å². The second kappa shape index (κ2) is 4.40. The Labute approximate surface area is 90.9 Å². The maximum Gasteiger partial charge on any atom is 0.335 e. The number of nitro benzene ring substituents is 1. The van der Waals surface area contributed by atoms with Crippen molar-refractivity contribution in [1.29, 1.82) is 5.26 Å². The van der Waals surface area contributed by atoms with E-state index in [-0.39, 0.29) is 22.4 Å². The van der Waals surface area contributed by atoms with E-state index in [4.69, 9.17) is 10.4 Å². The lowest BCUT2D eigenvalue weighted by molar-refractivity contribution is -0.385. The van der Waals surface area contributed by atoms with Gasteiger partial charge in [0.1, 0.15) is 0 Å². The molecule has 0 amide bonds. The number of nitriles is 1. The molecule has 6 heteroatoms. The van der Waals surface area contributed by atoms with Gasteiger partial charge in [-0.3, -0.25) is 10.1 Å². The van der Waals surface area contributed by atoms with Crippen LogP contribution in [0.3, 0.4) is 0 Å². The van der Waals surface area contributed by atoms with Crippen LogP contribution in [-0.2, 0) is 6.42 Å². The maximum atomic E-state index is 10.7. The molecule has 0 saturated heterocycles. The van der Waals surface area contributed by atoms with E-state index in [2.05, 4.69) is 0 Å². The van der Waals surface area contributed by atoms with Crippen LogP contribution in [0.5, 0.6) is 0 Å². The molecule has 6 nitrogen and oxygen atoms in total. The Balaban J connectivity index is 3.57. The van der Waals surface area contributed by atoms with Gasteiger partial charge >= 0.3 is 5.97 Å². The summed E-state index contributed by atoms with van der Waals surface area (Å²) < 4.78 is 0. The van der Waals surface area contributed by atoms with E-state index in [1.807, 2.05) is 0 Å². The number of carboxylic acids is 1. The number of rotatable bonds is 3. The standard InChI is InChI=1S/C10H8N2O4/c1-2-8-7(5-11)3-6(10(13)14)4-9(8)12(15)16/h3-4H,2H2,1H3,(H,13,14). The zero-order valence-corrected chi connectivity index (χ0v) is 8.43. The summed E-state index contributed by atoms with van der Waals surface area (Å²) in [7, 11) is 0. The van der Waals surface area contributed by atoms with Crippen molar-refractivity contribution >= 4 is 11.7 Å². The first-order valence-electron chi connectivity index (χ1n) is 4.46. The lowest BCUT2D eigenvalue weighted by atomic mass is 10.0. The molecule has 0 saturated carbocycles. The Bertz CT molecular complexity index is 502. The van der Waals surface area contributed by atoms with Gasteiger partial charge in [-0.1, -0.05) is 6.92 Å². The SMILES string of the molecule is CCc1c(C#N)cc(C(=O)O)cc1[N+](=O)[O-]. The maximum absolute atomic E-state index is 10.7. The van der Waals surface area contributed by atoms with Gasteiger partial charge in [0, 0.05) is 11.6 Å². The molecule has 0 spiro atoms. The van der Waals surface area contributed by atoms with Crippen molar-refractivity contribution in [2.24, 2.45) is 0 Å². The average Bonchev–Trinajstić information content (AvgIpc) is 2.26. The van der Waals surface area contributed by atoms with Crippen molar-refractivity contribution < 1.29 is 14.8 Å². The molecule has 82 valence electrons. The van der Waals surface area contributed by atoms with Crippen molar-refractivity contribution in [1.82, 2.24) is 0 Å². The van der Waals surface area contributed by atoms with Crippen molar-refractivity contribution in [3.63, 3.8) is 0 Å². The Morgan fingerprint density at radius 2 is 2.25 bits per heavy atom. The summed E-state index contributed by atoms with van der Waals surface area (Å²) in [6.07, 6.45) is 0.305. The van der Waals surface area contributed by atoms with Crippen LogP contribution in [0.2, 0.25) is 0 Å². The first-order chi connectivity index (χ1) is 7.51. The van der Waals surface area contributed by atoms with Gasteiger partial charge in [-0.25, -0.2) is 4.79 Å². The molecule has 0 bridgehead atoms. The molecule has 0 fully saturated rings. The minimum absolute atomic E-state index is 0.0362. The molecule has 0 aliphatic rings. The highest BCUT2D eigenvalue weighted by Crippen LogP contribution is 2.25. The van der Waals surface area contributed by atoms with Crippen molar-refractivity contribution in [2.45, 2.75) is 13.3 Å². The fourth-order valence-electron chi connectivity index (χ4n) is 1.41. The van der Waals surface area contributed by atoms with Crippen LogP contribution in [0.15, 0.2) is 12.1 Å². The van der Waals surface area contributed by atoms with Gasteiger partial charge in [-0.15, -0.1) is 0 Å². The molecule has 1 N–H and O–H groups in total. The van der Waals surface area contributed by atoms with E-state index in [9.17, 15) is 14.9 Å². The topological polar surface area (TPSA) is 104 Å². The van der Waals surface area contributed by atoms with Crippen LogP contribution < -0.4 is 0 Å². The first kappa shape index (κ1) is 11.7. The molecular weight excluding hydrogens is 212 g/mol. The second-order valence-electron chi connectivity index (χ2n) is 3.05. The van der Waals surface area contributed by atoms with Gasteiger partial charge in [0.05, 0.1) is 22.1 Å². The summed E-state index contributed by atoms with van der Waals surface area (Å²) in [6, 6.07) is 3.89. The van der Waals surface area contributed by atoms with Crippen LogP contribution in [0.1, 0.15) is 28.4 Å². The summed E-state index contributed by atoms with van der Waals surface area (Å²) in [5, 5.41) is 28.3. The first-order valence-corrected chi connectivity index (χ1v) is 4.46. The smallest absolute Gasteiger partial charge is 0.335 e. The van der Waals surface area contributed by atoms with Crippen molar-refractivity contribution in [2.75, 3.05) is 0 Å². The predicted octanol–water partition coefficient (Wildman–Crippen LogP) is 1.73. The third kappa shape index (κ3) is 1.98. The molecular formula is C10H8N2O4. The number of hydrogen-bond acceptors (Lipinski definition) is 4. The highest BCUT2D eigenvalue weighted by Gasteiger charge is 2.20. The largest absolute Gasteiger partial charge is 0.478 e. The number of nitrogens with zero attached hydrogens (tertiary/aromatic N) is 2. The average molecular weight is 220 g/mol. The van der Waals surface area contributed by atoms with Crippen LogP contribution in [0.25, 0.3) is 0 Å². The molecule has 0 aliphatic carbocycles. The molecule has 0 aliphatic heterocycles. The minimum Gasteiger partial charge on any atom is -0.478 e. The summed E-state index contributed by atoms with van der Waals surface area (Å²) in [6.45, 7) is 1.67. The van der Waals surface area contributed by atoms with Crippen LogP contribution >= 0.6 is 0 Å². The Hall–Kier alpha value is -2.42. The van der Waals surface area contributed by atoms with E-state index in [0.717, 1.165) is 12.1 Å². The molecule has 0 atom stereocenters. The number of benzene rings is 1. The summed E-state index contributed by atoms with van der Waals surface area (Å²) in [5.41, 5.74) is -0.272. The van der Waals surface area contributed by atoms with Crippen molar-refractivity contribution in [3.8, 4) is 6.07 Å². The lowest BCUT2D eigenvalue weighted by Gasteiger charge is -2.03. The minimum atomic E-state index is -1.29. The molecule has 1 aromatic rings. The third-order valence-electron chi connectivity index (χ3n) is 2.14. The monoisotopic (exact) mass is 220 g/mol. The fourth-order valence-corrected chi connectivity index (χ4v) is 1.41. The molecule has 1 aromatic carbocycles. The van der Waals surface area contributed by atoms with E-state index < -0.39 is 10.9 Å². The summed E-state index contributed by atoms with van der Waals surface area (Å²) in [5.74, 6) is -1.29. The van der Waals surface area contributed by atoms with Gasteiger partial charge in [-0.2, -0.15) is 5.26 Å². The normalized spacial score (nSPS) is 9.50. The predicted molar refractivity (Wildman–Crippen MR) is 54.1 cm³/mol. The zero-order chi connectivity index (χ0) is 12.3. The van der Waals surface area contributed by atoms with Gasteiger partial charge < -0.3 is 5.11 Å². The highest BCUT2D eigenvalue weighted by atomic mass is 16.6. The summed E-state index contributed by atoms with van der Waals surface area (Å²) >= 11 is 0. The Morgan fingerprint density at radius 1 is 1.62 bits per heavy atom. The zero-order valence-electron chi connectivity index (χ0n) is 8.43. The van der Waals surface area contributed by atoms with E-state index in [1.54, 1.807) is 13.0 Å². The number of carbonyl (C=O) groups is 1. The van der Waals surface area contributed by atoms with E-state index in [0.29, 0.717) is 6.42 Å². The van der Waals surface area contributed by atoms with Gasteiger partial charge in [0.15, 0.2) is 0 Å². The third-order valence-corrected chi connectivity index (χ3v) is 2.14. The molecule has 1 rings (SSSR count). The molecule has 0 unspecified atom stereocenters. The molecule has 0 radical (unpaired) electrons. The molecule has 0 aromatic heterocycles. The Kier molecular flexibility index (Phi) is 3.20. The number of carboxylic acid groups (broad SMARTS) is 1. The van der Waals surface area contributed by atoms with E-state index >= 15 is 0 Å². The van der Waals surface area contributed by atoms with Crippen LogP contribution in [-0.4, -0.2) is 16.0 Å². The Morgan fingerprint density at radius 3 is 2.62 bits per heavy atom. The highest BCUT2D eigenvalue weighted by molar-refractivity contribution is 5.89. The quantitative estimate of drug-likeness (QED) is 0.616. The number of hydrogen-bond donors (Lipinski definition) is 1.